The molecule has 0 saturated heterocycles. The number of hydrogen-bond acceptors (Lipinski definition) is 4. The molecule has 0 fully saturated rings. The summed E-state index contributed by atoms with van der Waals surface area (Å²) >= 11 is 0. The van der Waals surface area contributed by atoms with Gasteiger partial charge in [0.05, 0.1) is 0 Å². The lowest BCUT2D eigenvalue weighted by Crippen LogP contribution is -2.53. The maximum Gasteiger partial charge on any atom is 0.379 e. The van der Waals surface area contributed by atoms with Crippen molar-refractivity contribution < 1.29 is 18.4 Å². The molecule has 0 spiro atoms. The summed E-state index contributed by atoms with van der Waals surface area (Å²) in [4.78, 5) is 11.3. The second-order valence-corrected chi connectivity index (χ2v) is 7.87. The van der Waals surface area contributed by atoms with Crippen LogP contribution < -0.4 is 0 Å². The third-order valence-corrected chi connectivity index (χ3v) is 6.40. The fourth-order valence-electron chi connectivity index (χ4n) is 1.63. The van der Waals surface area contributed by atoms with Crippen LogP contribution in [0, 0.1) is 0 Å². The van der Waals surface area contributed by atoms with Crippen molar-refractivity contribution in [2.45, 2.75) is 52.3 Å². The second kappa shape index (κ2) is 9.30. The first-order valence-corrected chi connectivity index (χ1v) is 8.77. The normalized spacial score (nSPS) is 13.1. The maximum absolute atomic E-state index is 11.3. The molecule has 0 rings (SSSR count). The molecule has 18 heavy (non-hydrogen) atoms. The highest BCUT2D eigenvalue weighted by atomic mass is 28.4. The van der Waals surface area contributed by atoms with Crippen molar-refractivity contribution in [3.8, 4) is 0 Å². The number of carbonyl (C=O) groups excluding carboxylic acids is 1. The second-order valence-electron chi connectivity index (χ2n) is 4.15. The fraction of sp³-hybridized carbons (Fsp3) is 0.769. The van der Waals surface area contributed by atoms with Crippen LogP contribution in [0.25, 0.3) is 0 Å². The van der Waals surface area contributed by atoms with Crippen LogP contribution in [0.5, 0.6) is 0 Å². The summed E-state index contributed by atoms with van der Waals surface area (Å²) in [5.74, 6) is -0.423. The molecule has 4 nitrogen and oxygen atoms in total. The van der Waals surface area contributed by atoms with Crippen LogP contribution >= 0.6 is 0 Å². The summed E-state index contributed by atoms with van der Waals surface area (Å²) in [6, 6.07) is 0.762. The topological polar surface area (TPSA) is 44.8 Å². The van der Waals surface area contributed by atoms with Gasteiger partial charge in [-0.1, -0.05) is 27.4 Å². The average Bonchev–Trinajstić information content (AvgIpc) is 2.39. The van der Waals surface area contributed by atoms with E-state index in [0.29, 0.717) is 13.2 Å². The van der Waals surface area contributed by atoms with E-state index in [9.17, 15) is 4.79 Å². The molecule has 0 aliphatic rings. The Bertz CT molecular complexity index is 247. The van der Waals surface area contributed by atoms with Gasteiger partial charge < -0.3 is 13.6 Å². The van der Waals surface area contributed by atoms with Crippen molar-refractivity contribution in [3.05, 3.63) is 12.7 Å². The molecule has 0 heterocycles. The Hall–Kier alpha value is -0.653. The minimum atomic E-state index is -2.48. The first kappa shape index (κ1) is 17.3. The summed E-state index contributed by atoms with van der Waals surface area (Å²) in [7, 11) is -2.48. The smallest absolute Gasteiger partial charge is 0.379 e. The van der Waals surface area contributed by atoms with Crippen molar-refractivity contribution in [2.75, 3.05) is 13.2 Å². The summed E-state index contributed by atoms with van der Waals surface area (Å²) in [5.41, 5.74) is -0.328. The van der Waals surface area contributed by atoms with Crippen LogP contribution in [0.15, 0.2) is 12.7 Å². The molecule has 0 saturated carbocycles. The lowest BCUT2D eigenvalue weighted by molar-refractivity contribution is -0.140. The summed E-state index contributed by atoms with van der Waals surface area (Å²) < 4.78 is 17.2. The lowest BCUT2D eigenvalue weighted by Gasteiger charge is -2.34. The predicted octanol–water partition coefficient (Wildman–Crippen LogP) is 2.96. The van der Waals surface area contributed by atoms with Crippen LogP contribution in [0.2, 0.25) is 6.04 Å². The van der Waals surface area contributed by atoms with Crippen LogP contribution in [-0.2, 0) is 18.4 Å². The highest BCUT2D eigenvalue weighted by Gasteiger charge is 2.44. The molecular formula is C13H26O4Si. The van der Waals surface area contributed by atoms with E-state index in [4.69, 9.17) is 13.6 Å². The van der Waals surface area contributed by atoms with Crippen molar-refractivity contribution in [3.63, 3.8) is 0 Å². The maximum atomic E-state index is 11.3. The van der Waals surface area contributed by atoms with Crippen LogP contribution in [0.1, 0.15) is 40.5 Å². The molecule has 0 radical (unpaired) electrons. The van der Waals surface area contributed by atoms with Gasteiger partial charge in [0.2, 0.25) is 0 Å². The minimum absolute atomic E-state index is 0.328. The first-order chi connectivity index (χ1) is 8.56. The zero-order valence-corrected chi connectivity index (χ0v) is 13.0. The number of hydrogen-bond donors (Lipinski definition) is 0. The zero-order valence-electron chi connectivity index (χ0n) is 12.0. The van der Waals surface area contributed by atoms with Gasteiger partial charge in [-0.05, 0) is 25.8 Å². The van der Waals surface area contributed by atoms with E-state index in [2.05, 4.69) is 20.4 Å². The quantitative estimate of drug-likeness (QED) is 0.349. The Balaban J connectivity index is 4.76. The molecule has 1 atom stereocenters. The summed E-state index contributed by atoms with van der Waals surface area (Å²) in [6.07, 6.45) is 3.02. The van der Waals surface area contributed by atoms with E-state index in [1.807, 2.05) is 13.8 Å². The Morgan fingerprint density at radius 2 is 1.72 bits per heavy atom. The van der Waals surface area contributed by atoms with E-state index in [-0.39, 0.29) is 5.73 Å². The van der Waals surface area contributed by atoms with Gasteiger partial charge in [0.1, 0.15) is 5.73 Å². The average molecular weight is 274 g/mol. The van der Waals surface area contributed by atoms with E-state index in [1.54, 1.807) is 0 Å². The number of carbonyl (C=O) groups is 1. The van der Waals surface area contributed by atoms with E-state index >= 15 is 0 Å². The van der Waals surface area contributed by atoms with Crippen molar-refractivity contribution >= 4 is 14.5 Å². The van der Waals surface area contributed by atoms with Gasteiger partial charge in [0.15, 0.2) is 0 Å². The van der Waals surface area contributed by atoms with Crippen molar-refractivity contribution in [1.29, 1.82) is 0 Å². The molecule has 0 aliphatic carbocycles. The Morgan fingerprint density at radius 3 is 2.06 bits per heavy atom. The highest BCUT2D eigenvalue weighted by Crippen LogP contribution is 2.21. The van der Waals surface area contributed by atoms with Gasteiger partial charge in [-0.15, -0.1) is 0 Å². The zero-order chi connectivity index (χ0) is 14.0. The number of esters is 1. The molecule has 106 valence electrons. The number of rotatable bonds is 10. The van der Waals surface area contributed by atoms with Gasteiger partial charge >= 0.3 is 14.5 Å². The molecular weight excluding hydrogens is 248 g/mol. The Kier molecular flexibility index (Phi) is 8.96. The fourth-order valence-corrected chi connectivity index (χ4v) is 4.56. The molecule has 0 aromatic heterocycles. The molecule has 0 aromatic carbocycles. The van der Waals surface area contributed by atoms with Crippen molar-refractivity contribution in [2.24, 2.45) is 0 Å². The van der Waals surface area contributed by atoms with E-state index in [0.717, 1.165) is 18.9 Å². The first-order valence-electron chi connectivity index (χ1n) is 6.67. The Morgan fingerprint density at radius 1 is 1.22 bits per heavy atom. The van der Waals surface area contributed by atoms with Crippen LogP contribution in [0.3, 0.4) is 0 Å². The molecule has 0 N–H and O–H groups in total. The minimum Gasteiger partial charge on any atom is -0.458 e. The van der Waals surface area contributed by atoms with Gasteiger partial charge in [-0.3, -0.25) is 0 Å². The van der Waals surface area contributed by atoms with Crippen LogP contribution in [-0.4, -0.2) is 33.5 Å². The van der Waals surface area contributed by atoms with Gasteiger partial charge in [-0.25, -0.2) is 4.79 Å². The molecule has 0 amide bonds. The third-order valence-electron chi connectivity index (χ3n) is 2.67. The third kappa shape index (κ3) is 5.33. The molecule has 1 unspecified atom stereocenters. The van der Waals surface area contributed by atoms with Gasteiger partial charge in [0, 0.05) is 19.3 Å². The number of ether oxygens (including phenoxy) is 1. The highest BCUT2D eigenvalue weighted by molar-refractivity contribution is 6.68. The molecule has 0 aromatic rings. The monoisotopic (exact) mass is 274 g/mol. The Labute approximate surface area is 112 Å². The van der Waals surface area contributed by atoms with Crippen LogP contribution in [0.4, 0.5) is 0 Å². The van der Waals surface area contributed by atoms with E-state index in [1.165, 1.54) is 6.08 Å². The van der Waals surface area contributed by atoms with E-state index < -0.39 is 14.5 Å². The van der Waals surface area contributed by atoms with Gasteiger partial charge in [-0.2, -0.15) is 0 Å². The standard InChI is InChI=1S/C13H26O4Si/c1-6-10-15-18(9-4,16-11-7-2)12(5)17-13(14)8-3/h8,12H,3,6-7,9-11H2,1-2,4-5H3. The SMILES string of the molecule is C=CC(=O)OC(C)[Si](CC)(OCCC)OCCC. The molecule has 0 bridgehead atoms. The lowest BCUT2D eigenvalue weighted by atomic mass is 10.5. The largest absolute Gasteiger partial charge is 0.458 e. The molecule has 0 aliphatic heterocycles. The summed E-state index contributed by atoms with van der Waals surface area (Å²) in [6.45, 7) is 12.7. The summed E-state index contributed by atoms with van der Waals surface area (Å²) in [5, 5.41) is 0. The van der Waals surface area contributed by atoms with Crippen molar-refractivity contribution in [1.82, 2.24) is 0 Å². The molecule has 5 heteroatoms. The predicted molar refractivity (Wildman–Crippen MR) is 74.5 cm³/mol. The van der Waals surface area contributed by atoms with Gasteiger partial charge in [0.25, 0.3) is 0 Å².